The van der Waals surface area contributed by atoms with Gasteiger partial charge in [0.05, 0.1) is 29.7 Å². The maximum atomic E-state index is 12.6. The van der Waals surface area contributed by atoms with Gasteiger partial charge in [0.2, 0.25) is 10.0 Å². The molecule has 0 saturated carbocycles. The van der Waals surface area contributed by atoms with Crippen LogP contribution < -0.4 is 10.1 Å². The van der Waals surface area contributed by atoms with E-state index in [1.807, 2.05) is 0 Å². The first kappa shape index (κ1) is 20.9. The molecule has 1 aromatic rings. The first-order valence-electron chi connectivity index (χ1n) is 8.13. The van der Waals surface area contributed by atoms with Crippen LogP contribution in [0.25, 0.3) is 0 Å². The second-order valence-corrected chi connectivity index (χ2v) is 8.17. The topological polar surface area (TPSA) is 94.2 Å². The van der Waals surface area contributed by atoms with E-state index in [2.05, 4.69) is 5.32 Å². The summed E-state index contributed by atoms with van der Waals surface area (Å²) in [4.78, 5) is 11.9. The minimum atomic E-state index is -3.63. The van der Waals surface area contributed by atoms with Crippen LogP contribution in [0, 0.1) is 0 Å². The number of carbonyl (C=O) groups is 1. The van der Waals surface area contributed by atoms with E-state index in [1.165, 1.54) is 22.5 Å². The smallest absolute Gasteiger partial charge is 0.258 e. The predicted octanol–water partition coefficient (Wildman–Crippen LogP) is 0.891. The lowest BCUT2D eigenvalue weighted by Gasteiger charge is -2.26. The Kier molecular flexibility index (Phi) is 7.66. The highest BCUT2D eigenvalue weighted by atomic mass is 35.5. The third-order valence-corrected chi connectivity index (χ3v) is 5.88. The molecule has 1 aliphatic heterocycles. The molecule has 0 aliphatic carbocycles. The Bertz CT molecular complexity index is 721. The number of rotatable bonds is 8. The number of nitrogens with zero attached hydrogens (tertiary/aromatic N) is 1. The third-order valence-electron chi connectivity index (χ3n) is 3.69. The number of ether oxygens (including phenoxy) is 3. The molecule has 0 aromatic heterocycles. The quantitative estimate of drug-likeness (QED) is 0.689. The first-order valence-corrected chi connectivity index (χ1v) is 9.95. The molecule has 1 aliphatic rings. The van der Waals surface area contributed by atoms with E-state index >= 15 is 0 Å². The van der Waals surface area contributed by atoms with E-state index in [4.69, 9.17) is 25.8 Å². The van der Waals surface area contributed by atoms with Gasteiger partial charge < -0.3 is 19.5 Å². The number of nitrogens with one attached hydrogen (secondary N) is 1. The van der Waals surface area contributed by atoms with Crippen molar-refractivity contribution in [2.45, 2.75) is 17.9 Å². The summed E-state index contributed by atoms with van der Waals surface area (Å²) in [6.45, 7) is 3.30. The van der Waals surface area contributed by atoms with Crippen molar-refractivity contribution in [3.63, 3.8) is 0 Å². The Balaban J connectivity index is 1.99. The van der Waals surface area contributed by atoms with Crippen LogP contribution in [0.5, 0.6) is 5.75 Å². The van der Waals surface area contributed by atoms with Crippen molar-refractivity contribution in [2.75, 3.05) is 46.6 Å². The fourth-order valence-electron chi connectivity index (χ4n) is 2.45. The monoisotopic (exact) mass is 406 g/mol. The van der Waals surface area contributed by atoms with Crippen LogP contribution in [0.15, 0.2) is 23.1 Å². The summed E-state index contributed by atoms with van der Waals surface area (Å²) in [7, 11) is -2.09. The zero-order valence-corrected chi connectivity index (χ0v) is 16.3. The van der Waals surface area contributed by atoms with Crippen molar-refractivity contribution in [3.05, 3.63) is 23.2 Å². The normalized spacial score (nSPS) is 16.9. The molecule has 8 nitrogen and oxygen atoms in total. The molecule has 1 saturated heterocycles. The Morgan fingerprint density at radius 1 is 1.38 bits per heavy atom. The maximum Gasteiger partial charge on any atom is 0.258 e. The molecule has 1 fully saturated rings. The van der Waals surface area contributed by atoms with Gasteiger partial charge in [0.25, 0.3) is 5.91 Å². The molecule has 1 atom stereocenters. The SMILES string of the molecule is COC[C@@H](C)NC(=O)COc1ccc(S(=O)(=O)N2CCOCC2)cc1Cl. The lowest BCUT2D eigenvalue weighted by molar-refractivity contribution is -0.124. The van der Waals surface area contributed by atoms with Gasteiger partial charge in [-0.15, -0.1) is 0 Å². The van der Waals surface area contributed by atoms with Crippen molar-refractivity contribution < 1.29 is 27.4 Å². The van der Waals surface area contributed by atoms with Gasteiger partial charge in [-0.05, 0) is 25.1 Å². The minimum Gasteiger partial charge on any atom is -0.482 e. The fraction of sp³-hybridized carbons (Fsp3) is 0.562. The number of halogens is 1. The highest BCUT2D eigenvalue weighted by molar-refractivity contribution is 7.89. The van der Waals surface area contributed by atoms with Crippen LogP contribution in [0.4, 0.5) is 0 Å². The Hall–Kier alpha value is -1.39. The van der Waals surface area contributed by atoms with Gasteiger partial charge in [0.15, 0.2) is 6.61 Å². The van der Waals surface area contributed by atoms with Crippen LogP contribution in [0.2, 0.25) is 5.02 Å². The average molecular weight is 407 g/mol. The van der Waals surface area contributed by atoms with Gasteiger partial charge in [0.1, 0.15) is 5.75 Å². The Labute approximate surface area is 158 Å². The van der Waals surface area contributed by atoms with Crippen molar-refractivity contribution in [1.82, 2.24) is 9.62 Å². The number of hydrogen-bond donors (Lipinski definition) is 1. The maximum absolute atomic E-state index is 12.6. The fourth-order valence-corrected chi connectivity index (χ4v) is 4.18. The molecular formula is C16H23ClN2O6S. The molecule has 146 valence electrons. The minimum absolute atomic E-state index is 0.0786. The van der Waals surface area contributed by atoms with Crippen LogP contribution in [0.1, 0.15) is 6.92 Å². The van der Waals surface area contributed by atoms with Crippen LogP contribution in [0.3, 0.4) is 0 Å². The zero-order chi connectivity index (χ0) is 19.2. The van der Waals surface area contributed by atoms with E-state index < -0.39 is 10.0 Å². The summed E-state index contributed by atoms with van der Waals surface area (Å²) in [5.74, 6) is -0.0854. The van der Waals surface area contributed by atoms with Crippen molar-refractivity contribution in [1.29, 1.82) is 0 Å². The summed E-state index contributed by atoms with van der Waals surface area (Å²) in [6.07, 6.45) is 0. The van der Waals surface area contributed by atoms with Gasteiger partial charge in [-0.3, -0.25) is 4.79 Å². The van der Waals surface area contributed by atoms with Gasteiger partial charge in [-0.25, -0.2) is 8.42 Å². The zero-order valence-electron chi connectivity index (χ0n) is 14.7. The number of sulfonamides is 1. The van der Waals surface area contributed by atoms with E-state index in [1.54, 1.807) is 14.0 Å². The van der Waals surface area contributed by atoms with Crippen LogP contribution in [-0.2, 0) is 24.3 Å². The van der Waals surface area contributed by atoms with Crippen LogP contribution >= 0.6 is 11.6 Å². The molecule has 10 heteroatoms. The Morgan fingerprint density at radius 2 is 2.08 bits per heavy atom. The van der Waals surface area contributed by atoms with Crippen molar-refractivity contribution in [3.8, 4) is 5.75 Å². The van der Waals surface area contributed by atoms with E-state index in [0.717, 1.165) is 0 Å². The summed E-state index contributed by atoms with van der Waals surface area (Å²) in [5.41, 5.74) is 0. The molecule has 0 bridgehead atoms. The molecule has 0 radical (unpaired) electrons. The van der Waals surface area contributed by atoms with E-state index in [-0.39, 0.29) is 34.2 Å². The lowest BCUT2D eigenvalue weighted by Crippen LogP contribution is -2.40. The number of benzene rings is 1. The largest absolute Gasteiger partial charge is 0.482 e. The third kappa shape index (κ3) is 5.55. The second-order valence-electron chi connectivity index (χ2n) is 5.82. The number of hydrogen-bond acceptors (Lipinski definition) is 6. The molecule has 1 aromatic carbocycles. The molecule has 0 spiro atoms. The molecule has 1 amide bonds. The summed E-state index contributed by atoms with van der Waals surface area (Å²) in [5, 5.41) is 2.83. The highest BCUT2D eigenvalue weighted by Gasteiger charge is 2.27. The van der Waals surface area contributed by atoms with Crippen LogP contribution in [-0.4, -0.2) is 71.3 Å². The molecule has 1 N–H and O–H groups in total. The predicted molar refractivity (Wildman–Crippen MR) is 96.0 cm³/mol. The van der Waals surface area contributed by atoms with Gasteiger partial charge in [-0.1, -0.05) is 11.6 Å². The molecule has 0 unspecified atom stereocenters. The molecular weight excluding hydrogens is 384 g/mol. The Morgan fingerprint density at radius 3 is 2.69 bits per heavy atom. The summed E-state index contributed by atoms with van der Waals surface area (Å²) >= 11 is 6.13. The molecule has 26 heavy (non-hydrogen) atoms. The summed E-state index contributed by atoms with van der Waals surface area (Å²) < 4.78 is 42.0. The van der Waals surface area contributed by atoms with Gasteiger partial charge >= 0.3 is 0 Å². The highest BCUT2D eigenvalue weighted by Crippen LogP contribution is 2.29. The van der Waals surface area contributed by atoms with Gasteiger partial charge in [-0.2, -0.15) is 4.31 Å². The number of carbonyl (C=O) groups excluding carboxylic acids is 1. The molecule has 2 rings (SSSR count). The standard InChI is InChI=1S/C16H23ClN2O6S/c1-12(10-23-2)18-16(20)11-25-15-4-3-13(9-14(15)17)26(21,22)19-5-7-24-8-6-19/h3-4,9,12H,5-8,10-11H2,1-2H3,(H,18,20)/t12-/m1/s1. The van der Waals surface area contributed by atoms with Crippen molar-refractivity contribution in [2.24, 2.45) is 0 Å². The summed E-state index contributed by atoms with van der Waals surface area (Å²) in [6, 6.07) is 4.04. The average Bonchev–Trinajstić information content (AvgIpc) is 2.61. The van der Waals surface area contributed by atoms with Crippen molar-refractivity contribution >= 4 is 27.5 Å². The number of amides is 1. The number of methoxy groups -OCH3 is 1. The van der Waals surface area contributed by atoms with E-state index in [9.17, 15) is 13.2 Å². The molecule has 1 heterocycles. The second kappa shape index (κ2) is 9.52. The first-order chi connectivity index (χ1) is 12.3. The lowest BCUT2D eigenvalue weighted by atomic mass is 10.3. The number of morpholine rings is 1. The van der Waals surface area contributed by atoms with Gasteiger partial charge in [0, 0.05) is 26.2 Å². The van der Waals surface area contributed by atoms with E-state index in [0.29, 0.717) is 32.9 Å².